The Labute approximate surface area is 165 Å². The first-order chi connectivity index (χ1) is 11.1. The number of anilines is 1. The minimum atomic E-state index is -0.0137. The number of hydrogen-bond donors (Lipinski definition) is 2. The Morgan fingerprint density at radius 2 is 2.00 bits per heavy atom. The number of rotatable bonds is 7. The van der Waals surface area contributed by atoms with Crippen molar-refractivity contribution < 1.29 is 9.53 Å². The number of nitrogens with one attached hydrogen (secondary N) is 2. The highest BCUT2D eigenvalue weighted by Crippen LogP contribution is 2.27. The Morgan fingerprint density at radius 3 is 2.64 bits per heavy atom. The molecule has 2 N–H and O–H groups in total. The lowest BCUT2D eigenvalue weighted by molar-refractivity contribution is -0.115. The van der Waals surface area contributed by atoms with Crippen LogP contribution in [0.2, 0.25) is 0 Å². The molecule has 2 atom stereocenters. The van der Waals surface area contributed by atoms with E-state index in [0.717, 1.165) is 37.8 Å². The van der Waals surface area contributed by atoms with Gasteiger partial charge in [0.1, 0.15) is 0 Å². The lowest BCUT2D eigenvalue weighted by Crippen LogP contribution is -2.44. The highest BCUT2D eigenvalue weighted by atomic mass is 35.5. The fourth-order valence-electron chi connectivity index (χ4n) is 2.95. The van der Waals surface area contributed by atoms with E-state index in [-0.39, 0.29) is 42.9 Å². The van der Waals surface area contributed by atoms with Crippen LogP contribution in [0.5, 0.6) is 0 Å². The van der Waals surface area contributed by atoms with Crippen LogP contribution in [0, 0.1) is 5.92 Å². The summed E-state index contributed by atoms with van der Waals surface area (Å²) in [7, 11) is 0. The number of ether oxygens (including phenoxy) is 1. The second-order valence-corrected chi connectivity index (χ2v) is 7.58. The monoisotopic (exact) mass is 410 g/mol. The largest absolute Gasteiger partial charge is 0.373 e. The van der Waals surface area contributed by atoms with E-state index in [1.807, 2.05) is 5.38 Å². The fourth-order valence-corrected chi connectivity index (χ4v) is 3.67. The van der Waals surface area contributed by atoms with E-state index in [9.17, 15) is 4.79 Å². The van der Waals surface area contributed by atoms with Crippen LogP contribution < -0.4 is 10.6 Å². The molecule has 1 aromatic heterocycles. The topological polar surface area (TPSA) is 66.5 Å². The molecule has 2 heterocycles. The van der Waals surface area contributed by atoms with Gasteiger partial charge in [0, 0.05) is 25.0 Å². The highest BCUT2D eigenvalue weighted by Gasteiger charge is 2.23. The summed E-state index contributed by atoms with van der Waals surface area (Å²) in [6.07, 6.45) is 3.11. The van der Waals surface area contributed by atoms with Crippen molar-refractivity contribution in [3.63, 3.8) is 0 Å². The standard InChI is InChI=1S/C16H26N4O2S.2ClH/c1-11-7-20(8-12(2)22-11)9-14-10-23-16(18-14)19-15(21)6-17-5-13-3-4-13;;/h10-13,17H,3-9H2,1-2H3,(H,18,19,21);2*1H. The molecule has 0 bridgehead atoms. The number of morpholine rings is 1. The Kier molecular flexibility index (Phi) is 9.62. The van der Waals surface area contributed by atoms with Gasteiger partial charge in [0.2, 0.25) is 5.91 Å². The van der Waals surface area contributed by atoms with Crippen molar-refractivity contribution in [2.45, 2.75) is 45.4 Å². The maximum atomic E-state index is 11.9. The number of hydrogen-bond acceptors (Lipinski definition) is 6. The molecule has 0 radical (unpaired) electrons. The number of carbonyl (C=O) groups is 1. The van der Waals surface area contributed by atoms with E-state index in [2.05, 4.69) is 34.4 Å². The zero-order valence-electron chi connectivity index (χ0n) is 14.7. The molecule has 25 heavy (non-hydrogen) atoms. The first-order valence-corrected chi connectivity index (χ1v) is 9.29. The molecular weight excluding hydrogens is 383 g/mol. The minimum Gasteiger partial charge on any atom is -0.373 e. The van der Waals surface area contributed by atoms with E-state index >= 15 is 0 Å². The zero-order valence-corrected chi connectivity index (χ0v) is 17.1. The summed E-state index contributed by atoms with van der Waals surface area (Å²) in [5, 5.41) is 8.78. The maximum Gasteiger partial charge on any atom is 0.240 e. The number of thiazole rings is 1. The van der Waals surface area contributed by atoms with Gasteiger partial charge in [0.15, 0.2) is 5.13 Å². The lowest BCUT2D eigenvalue weighted by atomic mass is 10.2. The second kappa shape index (κ2) is 10.6. The van der Waals surface area contributed by atoms with E-state index in [1.54, 1.807) is 0 Å². The molecular formula is C16H28Cl2N4O2S. The normalized spacial score (nSPS) is 23.4. The Morgan fingerprint density at radius 1 is 1.32 bits per heavy atom. The number of aromatic nitrogens is 1. The van der Waals surface area contributed by atoms with Gasteiger partial charge >= 0.3 is 0 Å². The average Bonchev–Trinajstić information content (AvgIpc) is 3.18. The molecule has 0 spiro atoms. The first-order valence-electron chi connectivity index (χ1n) is 8.41. The van der Waals surface area contributed by atoms with Gasteiger partial charge in [0.05, 0.1) is 24.4 Å². The van der Waals surface area contributed by atoms with Gasteiger partial charge in [-0.2, -0.15) is 0 Å². The van der Waals surface area contributed by atoms with Crippen LogP contribution in [0.25, 0.3) is 0 Å². The summed E-state index contributed by atoms with van der Waals surface area (Å²) in [6.45, 7) is 8.18. The fraction of sp³-hybridized carbons (Fsp3) is 0.750. The number of carbonyl (C=O) groups excluding carboxylic acids is 1. The van der Waals surface area contributed by atoms with Gasteiger partial charge in [-0.1, -0.05) is 0 Å². The van der Waals surface area contributed by atoms with Gasteiger partial charge in [-0.25, -0.2) is 4.98 Å². The van der Waals surface area contributed by atoms with Crippen molar-refractivity contribution in [2.75, 3.05) is 31.5 Å². The summed E-state index contributed by atoms with van der Waals surface area (Å²) < 4.78 is 5.75. The molecule has 1 saturated heterocycles. The first kappa shape index (κ1) is 22.6. The molecule has 1 aliphatic heterocycles. The summed E-state index contributed by atoms with van der Waals surface area (Å²) in [5.74, 6) is 0.771. The number of halogens is 2. The third kappa shape index (κ3) is 7.76. The van der Waals surface area contributed by atoms with Crippen LogP contribution in [-0.2, 0) is 16.1 Å². The number of amides is 1. The van der Waals surface area contributed by atoms with Crippen LogP contribution in [0.1, 0.15) is 32.4 Å². The molecule has 1 aliphatic carbocycles. The molecule has 1 amide bonds. The predicted octanol–water partition coefficient (Wildman–Crippen LogP) is 2.53. The van der Waals surface area contributed by atoms with Crippen molar-refractivity contribution in [1.29, 1.82) is 0 Å². The third-order valence-corrected chi connectivity index (χ3v) is 4.90. The van der Waals surface area contributed by atoms with Crippen LogP contribution in [0.4, 0.5) is 5.13 Å². The molecule has 6 nitrogen and oxygen atoms in total. The van der Waals surface area contributed by atoms with Gasteiger partial charge in [0.25, 0.3) is 0 Å². The van der Waals surface area contributed by atoms with Gasteiger partial charge in [-0.3, -0.25) is 9.69 Å². The summed E-state index contributed by atoms with van der Waals surface area (Å²) >= 11 is 1.49. The second-order valence-electron chi connectivity index (χ2n) is 6.72. The molecule has 2 aliphatic rings. The molecule has 3 rings (SSSR count). The number of nitrogens with zero attached hydrogens (tertiary/aromatic N) is 2. The van der Waals surface area contributed by atoms with E-state index in [1.165, 1.54) is 24.2 Å². The molecule has 1 aromatic rings. The van der Waals surface area contributed by atoms with Crippen molar-refractivity contribution in [3.05, 3.63) is 11.1 Å². The van der Waals surface area contributed by atoms with Gasteiger partial charge in [-0.15, -0.1) is 36.2 Å². The molecule has 1 saturated carbocycles. The van der Waals surface area contributed by atoms with E-state index in [0.29, 0.717) is 11.7 Å². The third-order valence-electron chi connectivity index (χ3n) is 4.09. The van der Waals surface area contributed by atoms with Crippen LogP contribution in [-0.4, -0.2) is 54.2 Å². The molecule has 2 unspecified atom stereocenters. The van der Waals surface area contributed by atoms with Crippen molar-refractivity contribution in [1.82, 2.24) is 15.2 Å². The highest BCUT2D eigenvalue weighted by molar-refractivity contribution is 7.13. The molecule has 2 fully saturated rings. The molecule has 144 valence electrons. The van der Waals surface area contributed by atoms with Crippen LogP contribution in [0.3, 0.4) is 0 Å². The Balaban J connectivity index is 0.00000156. The van der Waals surface area contributed by atoms with E-state index < -0.39 is 0 Å². The van der Waals surface area contributed by atoms with Gasteiger partial charge < -0.3 is 15.4 Å². The van der Waals surface area contributed by atoms with Crippen molar-refractivity contribution in [3.8, 4) is 0 Å². The molecule has 9 heteroatoms. The predicted molar refractivity (Wildman–Crippen MR) is 106 cm³/mol. The average molecular weight is 411 g/mol. The van der Waals surface area contributed by atoms with Gasteiger partial charge in [-0.05, 0) is 39.2 Å². The Bertz CT molecular complexity index is 532. The lowest BCUT2D eigenvalue weighted by Gasteiger charge is -2.34. The van der Waals surface area contributed by atoms with Crippen LogP contribution >= 0.6 is 36.2 Å². The Hall–Kier alpha value is -0.440. The van der Waals surface area contributed by atoms with Crippen LogP contribution in [0.15, 0.2) is 5.38 Å². The van der Waals surface area contributed by atoms with E-state index in [4.69, 9.17) is 4.74 Å². The SMILES string of the molecule is CC1CN(Cc2csc(NC(=O)CNCC3CC3)n2)CC(C)O1.Cl.Cl. The summed E-state index contributed by atoms with van der Waals surface area (Å²) in [4.78, 5) is 18.7. The summed E-state index contributed by atoms with van der Waals surface area (Å²) in [5.41, 5.74) is 1.01. The van der Waals surface area contributed by atoms with Crippen molar-refractivity contribution in [2.24, 2.45) is 5.92 Å². The zero-order chi connectivity index (χ0) is 16.2. The summed E-state index contributed by atoms with van der Waals surface area (Å²) in [6, 6.07) is 0. The maximum absolute atomic E-state index is 11.9. The minimum absolute atomic E-state index is 0. The smallest absolute Gasteiger partial charge is 0.240 e. The van der Waals surface area contributed by atoms with Crippen molar-refractivity contribution >= 4 is 47.2 Å². The molecule has 0 aromatic carbocycles. The quantitative estimate of drug-likeness (QED) is 0.722.